The molecule has 1 rings (SSSR count). The summed E-state index contributed by atoms with van der Waals surface area (Å²) in [6.45, 7) is 3.53. The molecule has 0 aromatic heterocycles. The summed E-state index contributed by atoms with van der Waals surface area (Å²) in [6.07, 6.45) is 1.19. The van der Waals surface area contributed by atoms with Crippen molar-refractivity contribution in [3.05, 3.63) is 28.3 Å². The summed E-state index contributed by atoms with van der Waals surface area (Å²) in [6, 6.07) is 1.53. The van der Waals surface area contributed by atoms with E-state index in [-0.39, 0.29) is 11.3 Å². The number of hydrogen-bond acceptors (Lipinski definition) is 5. The number of carbonyl (C=O) groups is 2. The maximum atomic E-state index is 11.8. The molecule has 0 fully saturated rings. The highest BCUT2D eigenvalue weighted by atomic mass is 16.5. The molecule has 1 N–H and O–H groups in total. The van der Waals surface area contributed by atoms with Gasteiger partial charge < -0.3 is 14.6 Å². The first kappa shape index (κ1) is 15.0. The molecule has 19 heavy (non-hydrogen) atoms. The Hall–Kier alpha value is -2.04. The summed E-state index contributed by atoms with van der Waals surface area (Å²) < 4.78 is 9.39. The van der Waals surface area contributed by atoms with Gasteiger partial charge in [-0.1, -0.05) is 13.3 Å². The van der Waals surface area contributed by atoms with Crippen molar-refractivity contribution in [3.63, 3.8) is 0 Å². The van der Waals surface area contributed by atoms with E-state index < -0.39 is 11.9 Å². The number of phenols is 1. The van der Waals surface area contributed by atoms with Gasteiger partial charge >= 0.3 is 11.9 Å². The van der Waals surface area contributed by atoms with Crippen LogP contribution in [0, 0.1) is 6.92 Å². The first-order chi connectivity index (χ1) is 8.97. The lowest BCUT2D eigenvalue weighted by molar-refractivity contribution is 0.0594. The molecule has 5 nitrogen and oxygen atoms in total. The molecule has 5 heteroatoms. The molecule has 0 amide bonds. The van der Waals surface area contributed by atoms with Crippen LogP contribution in [0.3, 0.4) is 0 Å². The second-order valence-corrected chi connectivity index (χ2v) is 4.18. The zero-order valence-electron chi connectivity index (χ0n) is 11.6. The molecule has 0 saturated heterocycles. The molecule has 0 unspecified atom stereocenters. The maximum absolute atomic E-state index is 11.8. The Morgan fingerprint density at radius 1 is 1.21 bits per heavy atom. The lowest BCUT2D eigenvalue weighted by Gasteiger charge is -2.15. The van der Waals surface area contributed by atoms with Gasteiger partial charge in [-0.25, -0.2) is 9.59 Å². The number of aryl methyl sites for hydroxylation is 1. The number of rotatable bonds is 4. The van der Waals surface area contributed by atoms with Crippen molar-refractivity contribution in [3.8, 4) is 5.75 Å². The van der Waals surface area contributed by atoms with E-state index in [1.165, 1.54) is 20.3 Å². The number of esters is 2. The van der Waals surface area contributed by atoms with E-state index in [9.17, 15) is 14.7 Å². The zero-order valence-corrected chi connectivity index (χ0v) is 11.6. The average Bonchev–Trinajstić information content (AvgIpc) is 2.41. The summed E-state index contributed by atoms with van der Waals surface area (Å²) >= 11 is 0. The lowest BCUT2D eigenvalue weighted by atomic mass is 9.93. The van der Waals surface area contributed by atoms with Crippen molar-refractivity contribution in [1.82, 2.24) is 0 Å². The smallest absolute Gasteiger partial charge is 0.341 e. The highest BCUT2D eigenvalue weighted by molar-refractivity contribution is 6.00. The SMILES string of the molecule is CCCc1c(C(=O)OC)cc(C)c(O)c1C(=O)OC. The molecule has 0 atom stereocenters. The van der Waals surface area contributed by atoms with E-state index in [2.05, 4.69) is 4.74 Å². The molecule has 0 saturated carbocycles. The number of hydrogen-bond donors (Lipinski definition) is 1. The Kier molecular flexibility index (Phi) is 4.92. The van der Waals surface area contributed by atoms with Gasteiger partial charge in [0.2, 0.25) is 0 Å². The van der Waals surface area contributed by atoms with E-state index in [1.807, 2.05) is 6.92 Å². The minimum Gasteiger partial charge on any atom is -0.507 e. The maximum Gasteiger partial charge on any atom is 0.341 e. The fraction of sp³-hybridized carbons (Fsp3) is 0.429. The predicted molar refractivity (Wildman–Crippen MR) is 69.5 cm³/mol. The third kappa shape index (κ3) is 2.86. The molecule has 0 aliphatic heterocycles. The van der Waals surface area contributed by atoms with Gasteiger partial charge in [-0.3, -0.25) is 0 Å². The molecule has 0 heterocycles. The van der Waals surface area contributed by atoms with E-state index in [0.717, 1.165) is 6.42 Å². The van der Waals surface area contributed by atoms with Crippen LogP contribution in [0.4, 0.5) is 0 Å². The number of ether oxygens (including phenoxy) is 2. The van der Waals surface area contributed by atoms with Gasteiger partial charge in [-0.05, 0) is 30.5 Å². The second-order valence-electron chi connectivity index (χ2n) is 4.18. The molecular weight excluding hydrogens is 248 g/mol. The van der Waals surface area contributed by atoms with Gasteiger partial charge in [0.05, 0.1) is 19.8 Å². The Bertz CT molecular complexity index is 505. The van der Waals surface area contributed by atoms with E-state index in [1.54, 1.807) is 6.92 Å². The van der Waals surface area contributed by atoms with Gasteiger partial charge in [0.1, 0.15) is 11.3 Å². The van der Waals surface area contributed by atoms with Crippen LogP contribution in [0.1, 0.15) is 45.2 Å². The lowest BCUT2D eigenvalue weighted by Crippen LogP contribution is -2.14. The molecule has 0 spiro atoms. The number of methoxy groups -OCH3 is 2. The van der Waals surface area contributed by atoms with E-state index in [0.29, 0.717) is 23.1 Å². The van der Waals surface area contributed by atoms with Crippen LogP contribution >= 0.6 is 0 Å². The molecule has 1 aromatic carbocycles. The number of phenolic OH excluding ortho intramolecular Hbond substituents is 1. The number of aromatic hydroxyl groups is 1. The van der Waals surface area contributed by atoms with Crippen molar-refractivity contribution < 1.29 is 24.2 Å². The fourth-order valence-corrected chi connectivity index (χ4v) is 1.97. The highest BCUT2D eigenvalue weighted by Gasteiger charge is 2.25. The summed E-state index contributed by atoms with van der Waals surface area (Å²) in [5.74, 6) is -1.34. The number of benzene rings is 1. The molecule has 104 valence electrons. The monoisotopic (exact) mass is 266 g/mol. The van der Waals surface area contributed by atoms with Crippen molar-refractivity contribution in [2.45, 2.75) is 26.7 Å². The van der Waals surface area contributed by atoms with Crippen LogP contribution in [0.5, 0.6) is 5.75 Å². The Balaban J connectivity index is 3.61. The van der Waals surface area contributed by atoms with Gasteiger partial charge in [-0.2, -0.15) is 0 Å². The standard InChI is InChI=1S/C14H18O5/c1-5-6-9-10(13(16)18-3)7-8(2)12(15)11(9)14(17)19-4/h7,15H,5-6H2,1-4H3. The minimum absolute atomic E-state index is 0.0461. The van der Waals surface area contributed by atoms with Gasteiger partial charge in [0, 0.05) is 0 Å². The molecular formula is C14H18O5. The molecule has 1 aromatic rings. The van der Waals surface area contributed by atoms with Crippen LogP contribution in [0.2, 0.25) is 0 Å². The Labute approximate surface area is 112 Å². The van der Waals surface area contributed by atoms with Crippen LogP contribution < -0.4 is 0 Å². The largest absolute Gasteiger partial charge is 0.507 e. The van der Waals surface area contributed by atoms with Crippen LogP contribution in [-0.2, 0) is 15.9 Å². The topological polar surface area (TPSA) is 72.8 Å². The summed E-state index contributed by atoms with van der Waals surface area (Å²) in [5, 5.41) is 10.0. The predicted octanol–water partition coefficient (Wildman–Crippen LogP) is 2.23. The Morgan fingerprint density at radius 2 is 1.79 bits per heavy atom. The average molecular weight is 266 g/mol. The Morgan fingerprint density at radius 3 is 2.26 bits per heavy atom. The zero-order chi connectivity index (χ0) is 14.6. The number of carbonyl (C=O) groups excluding carboxylic acids is 2. The molecule has 0 aliphatic rings. The van der Waals surface area contributed by atoms with Crippen LogP contribution in [0.15, 0.2) is 6.07 Å². The first-order valence-electron chi connectivity index (χ1n) is 5.99. The van der Waals surface area contributed by atoms with Gasteiger partial charge in [0.15, 0.2) is 0 Å². The summed E-state index contributed by atoms with van der Waals surface area (Å²) in [7, 11) is 2.51. The van der Waals surface area contributed by atoms with Gasteiger partial charge in [0.25, 0.3) is 0 Å². The highest BCUT2D eigenvalue weighted by Crippen LogP contribution is 2.31. The fourth-order valence-electron chi connectivity index (χ4n) is 1.97. The second kappa shape index (κ2) is 6.22. The van der Waals surface area contributed by atoms with Crippen molar-refractivity contribution in [2.24, 2.45) is 0 Å². The van der Waals surface area contributed by atoms with Crippen molar-refractivity contribution in [1.29, 1.82) is 0 Å². The van der Waals surface area contributed by atoms with Crippen LogP contribution in [-0.4, -0.2) is 31.3 Å². The van der Waals surface area contributed by atoms with Crippen molar-refractivity contribution in [2.75, 3.05) is 14.2 Å². The third-order valence-electron chi connectivity index (χ3n) is 2.89. The summed E-state index contributed by atoms with van der Waals surface area (Å²) in [4.78, 5) is 23.6. The van der Waals surface area contributed by atoms with Gasteiger partial charge in [-0.15, -0.1) is 0 Å². The minimum atomic E-state index is -0.658. The molecule has 0 aliphatic carbocycles. The summed E-state index contributed by atoms with van der Waals surface area (Å²) in [5.41, 5.74) is 1.23. The quantitative estimate of drug-likeness (QED) is 0.846. The van der Waals surface area contributed by atoms with E-state index >= 15 is 0 Å². The van der Waals surface area contributed by atoms with Crippen molar-refractivity contribution >= 4 is 11.9 Å². The molecule has 0 radical (unpaired) electrons. The van der Waals surface area contributed by atoms with E-state index in [4.69, 9.17) is 4.74 Å². The van der Waals surface area contributed by atoms with Crippen LogP contribution in [0.25, 0.3) is 0 Å². The normalized spacial score (nSPS) is 10.1. The third-order valence-corrected chi connectivity index (χ3v) is 2.89. The molecule has 0 bridgehead atoms. The first-order valence-corrected chi connectivity index (χ1v) is 5.99.